The van der Waals surface area contributed by atoms with E-state index in [9.17, 15) is 17.6 Å². The molecule has 1 aromatic rings. The summed E-state index contributed by atoms with van der Waals surface area (Å²) in [6, 6.07) is 2.76. The lowest BCUT2D eigenvalue weighted by Gasteiger charge is -2.28. The molecule has 0 atom stereocenters. The summed E-state index contributed by atoms with van der Waals surface area (Å²) in [5.74, 6) is -0.794. The van der Waals surface area contributed by atoms with Gasteiger partial charge in [0.05, 0.1) is 5.56 Å². The van der Waals surface area contributed by atoms with E-state index in [1.807, 2.05) is 0 Å². The fourth-order valence-electron chi connectivity index (χ4n) is 2.76. The second kappa shape index (κ2) is 4.53. The monoisotopic (exact) mass is 261 g/mol. The molecule has 1 saturated carbocycles. The molecule has 0 unspecified atom stereocenters. The zero-order valence-electron chi connectivity index (χ0n) is 9.86. The van der Waals surface area contributed by atoms with Crippen LogP contribution in [0.2, 0.25) is 0 Å². The third kappa shape index (κ3) is 2.23. The Morgan fingerprint density at radius 2 is 1.78 bits per heavy atom. The van der Waals surface area contributed by atoms with Gasteiger partial charge in [-0.25, -0.2) is 4.39 Å². The Hall–Kier alpha value is -1.10. The Morgan fingerprint density at radius 1 is 1.17 bits per heavy atom. The SMILES string of the molecule is NCC1(c2ccc(C(F)(F)F)cc2F)CCCC1. The molecule has 2 rings (SSSR count). The second-order valence-electron chi connectivity index (χ2n) is 4.88. The molecule has 100 valence electrons. The van der Waals surface area contributed by atoms with Crippen LogP contribution in [-0.4, -0.2) is 6.54 Å². The highest BCUT2D eigenvalue weighted by molar-refractivity contribution is 5.33. The molecule has 0 amide bonds. The quantitative estimate of drug-likeness (QED) is 0.808. The van der Waals surface area contributed by atoms with Gasteiger partial charge in [0, 0.05) is 12.0 Å². The second-order valence-corrected chi connectivity index (χ2v) is 4.88. The summed E-state index contributed by atoms with van der Waals surface area (Å²) in [4.78, 5) is 0. The van der Waals surface area contributed by atoms with E-state index in [0.29, 0.717) is 11.6 Å². The van der Waals surface area contributed by atoms with Crippen LogP contribution in [0.1, 0.15) is 36.8 Å². The first-order valence-corrected chi connectivity index (χ1v) is 5.96. The Morgan fingerprint density at radius 3 is 2.22 bits per heavy atom. The Balaban J connectivity index is 2.41. The minimum absolute atomic E-state index is 0.273. The molecule has 5 heteroatoms. The third-order valence-electron chi connectivity index (χ3n) is 3.82. The molecule has 1 aliphatic carbocycles. The largest absolute Gasteiger partial charge is 0.416 e. The molecule has 0 spiro atoms. The molecular weight excluding hydrogens is 246 g/mol. The van der Waals surface area contributed by atoms with Crippen molar-refractivity contribution in [2.75, 3.05) is 6.54 Å². The maximum absolute atomic E-state index is 13.9. The van der Waals surface area contributed by atoms with Crippen LogP contribution in [0.15, 0.2) is 18.2 Å². The average Bonchev–Trinajstić information content (AvgIpc) is 2.77. The van der Waals surface area contributed by atoms with Crippen LogP contribution in [-0.2, 0) is 11.6 Å². The molecule has 0 saturated heterocycles. The maximum atomic E-state index is 13.9. The van der Waals surface area contributed by atoms with Gasteiger partial charge in [-0.3, -0.25) is 0 Å². The maximum Gasteiger partial charge on any atom is 0.416 e. The summed E-state index contributed by atoms with van der Waals surface area (Å²) in [6.45, 7) is 0.273. The topological polar surface area (TPSA) is 26.0 Å². The number of nitrogens with two attached hydrogens (primary N) is 1. The minimum Gasteiger partial charge on any atom is -0.330 e. The smallest absolute Gasteiger partial charge is 0.330 e. The highest BCUT2D eigenvalue weighted by atomic mass is 19.4. The van der Waals surface area contributed by atoms with Crippen LogP contribution in [0.3, 0.4) is 0 Å². The van der Waals surface area contributed by atoms with Gasteiger partial charge in [0.15, 0.2) is 0 Å². The molecule has 1 fully saturated rings. The summed E-state index contributed by atoms with van der Waals surface area (Å²) >= 11 is 0. The Kier molecular flexibility index (Phi) is 3.36. The third-order valence-corrected chi connectivity index (χ3v) is 3.82. The summed E-state index contributed by atoms with van der Waals surface area (Å²) < 4.78 is 51.3. The van der Waals surface area contributed by atoms with E-state index in [1.165, 1.54) is 6.07 Å². The molecular formula is C13H15F4N. The van der Waals surface area contributed by atoms with Gasteiger partial charge < -0.3 is 5.73 Å². The van der Waals surface area contributed by atoms with Gasteiger partial charge in [-0.1, -0.05) is 18.9 Å². The zero-order valence-corrected chi connectivity index (χ0v) is 9.86. The number of rotatable bonds is 2. The van der Waals surface area contributed by atoms with Crippen molar-refractivity contribution in [1.82, 2.24) is 0 Å². The first-order chi connectivity index (χ1) is 8.39. The predicted molar refractivity (Wildman–Crippen MR) is 60.6 cm³/mol. The molecule has 0 aliphatic heterocycles. The summed E-state index contributed by atoms with van der Waals surface area (Å²) in [5, 5.41) is 0. The van der Waals surface area contributed by atoms with Crippen molar-refractivity contribution < 1.29 is 17.6 Å². The van der Waals surface area contributed by atoms with Crippen LogP contribution in [0.25, 0.3) is 0 Å². The fourth-order valence-corrected chi connectivity index (χ4v) is 2.76. The van der Waals surface area contributed by atoms with E-state index in [4.69, 9.17) is 5.73 Å². The van der Waals surface area contributed by atoms with Crippen molar-refractivity contribution in [3.8, 4) is 0 Å². The van der Waals surface area contributed by atoms with E-state index >= 15 is 0 Å². The highest BCUT2D eigenvalue weighted by Crippen LogP contribution is 2.42. The van der Waals surface area contributed by atoms with Crippen molar-refractivity contribution >= 4 is 0 Å². The number of benzene rings is 1. The van der Waals surface area contributed by atoms with Gasteiger partial charge in [0.25, 0.3) is 0 Å². The summed E-state index contributed by atoms with van der Waals surface area (Å²) in [5.41, 5.74) is 4.61. The summed E-state index contributed by atoms with van der Waals surface area (Å²) in [7, 11) is 0. The van der Waals surface area contributed by atoms with Crippen LogP contribution in [0.4, 0.5) is 17.6 Å². The number of hydrogen-bond donors (Lipinski definition) is 1. The molecule has 0 radical (unpaired) electrons. The van der Waals surface area contributed by atoms with E-state index in [-0.39, 0.29) is 6.54 Å². The first-order valence-electron chi connectivity index (χ1n) is 5.96. The van der Waals surface area contributed by atoms with Crippen molar-refractivity contribution in [2.24, 2.45) is 5.73 Å². The van der Waals surface area contributed by atoms with E-state index in [0.717, 1.165) is 31.7 Å². The fraction of sp³-hybridized carbons (Fsp3) is 0.538. The molecule has 1 aliphatic rings. The van der Waals surface area contributed by atoms with Gasteiger partial charge >= 0.3 is 6.18 Å². The molecule has 2 N–H and O–H groups in total. The predicted octanol–water partition coefficient (Wildman–Crippen LogP) is 3.62. The van der Waals surface area contributed by atoms with Crippen LogP contribution in [0, 0.1) is 5.82 Å². The number of halogens is 4. The van der Waals surface area contributed by atoms with E-state index in [1.54, 1.807) is 0 Å². The van der Waals surface area contributed by atoms with Crippen LogP contribution < -0.4 is 5.73 Å². The summed E-state index contributed by atoms with van der Waals surface area (Å²) in [6.07, 6.45) is -1.14. The number of hydrogen-bond acceptors (Lipinski definition) is 1. The minimum atomic E-state index is -4.51. The van der Waals surface area contributed by atoms with Gasteiger partial charge in [-0.2, -0.15) is 13.2 Å². The molecule has 18 heavy (non-hydrogen) atoms. The van der Waals surface area contributed by atoms with Crippen molar-refractivity contribution in [2.45, 2.75) is 37.3 Å². The Labute approximate surface area is 103 Å². The lowest BCUT2D eigenvalue weighted by atomic mass is 9.78. The molecule has 0 heterocycles. The van der Waals surface area contributed by atoms with Gasteiger partial charge in [0.2, 0.25) is 0 Å². The standard InChI is InChI=1S/C13H15F4N/c14-11-7-9(13(15,16)17)3-4-10(11)12(8-18)5-1-2-6-12/h3-4,7H,1-2,5-6,8,18H2. The molecule has 0 bridgehead atoms. The van der Waals surface area contributed by atoms with Gasteiger partial charge in [-0.05, 0) is 30.5 Å². The van der Waals surface area contributed by atoms with Gasteiger partial charge in [-0.15, -0.1) is 0 Å². The lowest BCUT2D eigenvalue weighted by Crippen LogP contribution is -2.33. The van der Waals surface area contributed by atoms with Crippen molar-refractivity contribution in [3.63, 3.8) is 0 Å². The van der Waals surface area contributed by atoms with E-state index in [2.05, 4.69) is 0 Å². The molecule has 1 nitrogen and oxygen atoms in total. The van der Waals surface area contributed by atoms with Crippen LogP contribution >= 0.6 is 0 Å². The zero-order chi connectivity index (χ0) is 13.4. The number of alkyl halides is 3. The Bertz CT molecular complexity index is 433. The lowest BCUT2D eigenvalue weighted by molar-refractivity contribution is -0.137. The van der Waals surface area contributed by atoms with Crippen molar-refractivity contribution in [1.29, 1.82) is 0 Å². The van der Waals surface area contributed by atoms with Gasteiger partial charge in [0.1, 0.15) is 5.82 Å². The first kappa shape index (κ1) is 13.3. The highest BCUT2D eigenvalue weighted by Gasteiger charge is 2.38. The van der Waals surface area contributed by atoms with Crippen LogP contribution in [0.5, 0.6) is 0 Å². The molecule has 0 aromatic heterocycles. The average molecular weight is 261 g/mol. The normalized spacial score (nSPS) is 19.2. The molecule has 1 aromatic carbocycles. The van der Waals surface area contributed by atoms with E-state index < -0.39 is 23.0 Å². The van der Waals surface area contributed by atoms with Crippen molar-refractivity contribution in [3.05, 3.63) is 35.1 Å².